The Morgan fingerprint density at radius 1 is 1.29 bits per heavy atom. The second-order valence-corrected chi connectivity index (χ2v) is 3.78. The number of aryl methyl sites for hydroxylation is 1. The fourth-order valence-corrected chi connectivity index (χ4v) is 1.49. The first-order valence-electron chi connectivity index (χ1n) is 5.28. The zero-order valence-corrected chi connectivity index (χ0v) is 9.47. The van der Waals surface area contributed by atoms with Gasteiger partial charge in [0, 0.05) is 18.2 Å². The fraction of sp³-hybridized carbons (Fsp3) is 0.250. The van der Waals surface area contributed by atoms with E-state index in [1.54, 1.807) is 12.3 Å². The number of hydrogen-bond donors (Lipinski definition) is 3. The predicted molar refractivity (Wildman–Crippen MR) is 61.6 cm³/mol. The van der Waals surface area contributed by atoms with Crippen LogP contribution in [0.3, 0.4) is 0 Å². The van der Waals surface area contributed by atoms with Crippen molar-refractivity contribution in [2.45, 2.75) is 20.0 Å². The Bertz CT molecular complexity index is 508. The maximum atomic E-state index is 9.55. The third-order valence-electron chi connectivity index (χ3n) is 2.33. The van der Waals surface area contributed by atoms with Crippen LogP contribution in [0.2, 0.25) is 0 Å². The maximum Gasteiger partial charge on any atom is 0.208 e. The highest BCUT2D eigenvalue weighted by Gasteiger charge is 2.03. The molecule has 0 atom stereocenters. The van der Waals surface area contributed by atoms with Gasteiger partial charge in [-0.3, -0.25) is 0 Å². The molecule has 0 radical (unpaired) electrons. The Balaban J connectivity index is 1.90. The van der Waals surface area contributed by atoms with Crippen LogP contribution in [0.25, 0.3) is 0 Å². The van der Waals surface area contributed by atoms with Crippen molar-refractivity contribution in [1.82, 2.24) is 10.3 Å². The summed E-state index contributed by atoms with van der Waals surface area (Å²) in [5, 5.41) is 21.8. The van der Waals surface area contributed by atoms with E-state index in [1.165, 1.54) is 12.1 Å². The minimum Gasteiger partial charge on any atom is -0.508 e. The molecular weight excluding hydrogens is 220 g/mol. The van der Waals surface area contributed by atoms with Gasteiger partial charge in [-0.1, -0.05) is 6.07 Å². The summed E-state index contributed by atoms with van der Waals surface area (Å²) in [6.07, 6.45) is 1.66. The highest BCUT2D eigenvalue weighted by Crippen LogP contribution is 2.22. The average molecular weight is 234 g/mol. The molecule has 0 fully saturated rings. The van der Waals surface area contributed by atoms with Crippen LogP contribution in [0.15, 0.2) is 28.8 Å². The SMILES string of the molecule is Cc1cnc(CNCc2ccc(O)cc2O)o1. The van der Waals surface area contributed by atoms with E-state index in [1.807, 2.05) is 6.92 Å². The van der Waals surface area contributed by atoms with Gasteiger partial charge >= 0.3 is 0 Å². The Morgan fingerprint density at radius 3 is 2.76 bits per heavy atom. The molecule has 0 spiro atoms. The number of nitrogens with one attached hydrogen (secondary N) is 1. The smallest absolute Gasteiger partial charge is 0.208 e. The van der Waals surface area contributed by atoms with Gasteiger partial charge in [-0.25, -0.2) is 4.98 Å². The van der Waals surface area contributed by atoms with Gasteiger partial charge in [0.2, 0.25) is 5.89 Å². The zero-order chi connectivity index (χ0) is 12.3. The summed E-state index contributed by atoms with van der Waals surface area (Å²) in [6, 6.07) is 4.51. The van der Waals surface area contributed by atoms with Crippen molar-refractivity contribution in [2.24, 2.45) is 0 Å². The molecule has 0 bridgehead atoms. The Kier molecular flexibility index (Phi) is 3.30. The second kappa shape index (κ2) is 4.88. The monoisotopic (exact) mass is 234 g/mol. The zero-order valence-electron chi connectivity index (χ0n) is 9.47. The molecule has 1 heterocycles. The van der Waals surface area contributed by atoms with Crippen LogP contribution in [-0.2, 0) is 13.1 Å². The van der Waals surface area contributed by atoms with Crippen molar-refractivity contribution >= 4 is 0 Å². The lowest BCUT2D eigenvalue weighted by molar-refractivity contribution is 0.433. The highest BCUT2D eigenvalue weighted by molar-refractivity contribution is 5.38. The number of aromatic nitrogens is 1. The molecule has 5 nitrogen and oxygen atoms in total. The highest BCUT2D eigenvalue weighted by atomic mass is 16.4. The number of phenolic OH excluding ortho intramolecular Hbond substituents is 2. The van der Waals surface area contributed by atoms with Crippen molar-refractivity contribution in [3.05, 3.63) is 41.6 Å². The van der Waals surface area contributed by atoms with Crippen molar-refractivity contribution < 1.29 is 14.6 Å². The molecule has 0 aliphatic carbocycles. The molecule has 5 heteroatoms. The van der Waals surface area contributed by atoms with Crippen molar-refractivity contribution in [3.8, 4) is 11.5 Å². The Hall–Kier alpha value is -2.01. The third kappa shape index (κ3) is 2.98. The average Bonchev–Trinajstić information content (AvgIpc) is 2.68. The van der Waals surface area contributed by atoms with E-state index in [-0.39, 0.29) is 11.5 Å². The van der Waals surface area contributed by atoms with Crippen LogP contribution in [-0.4, -0.2) is 15.2 Å². The van der Waals surface area contributed by atoms with Crippen molar-refractivity contribution in [1.29, 1.82) is 0 Å². The predicted octanol–water partition coefficient (Wildman–Crippen LogP) is 1.68. The van der Waals surface area contributed by atoms with Crippen LogP contribution >= 0.6 is 0 Å². The Morgan fingerprint density at radius 2 is 2.12 bits per heavy atom. The first kappa shape index (κ1) is 11.5. The molecule has 0 aliphatic heterocycles. The second-order valence-electron chi connectivity index (χ2n) is 3.78. The summed E-state index contributed by atoms with van der Waals surface area (Å²) in [5.41, 5.74) is 0.714. The molecule has 2 rings (SSSR count). The number of benzene rings is 1. The molecule has 0 saturated carbocycles. The topological polar surface area (TPSA) is 78.5 Å². The number of phenols is 2. The lowest BCUT2D eigenvalue weighted by atomic mass is 10.2. The summed E-state index contributed by atoms with van der Waals surface area (Å²) in [6.45, 7) is 2.81. The molecule has 17 heavy (non-hydrogen) atoms. The number of oxazole rings is 1. The van der Waals surface area contributed by atoms with Gasteiger partial charge in [0.15, 0.2) is 0 Å². The minimum atomic E-state index is 0.0505. The normalized spacial score (nSPS) is 10.6. The molecule has 0 aliphatic rings. The van der Waals surface area contributed by atoms with Crippen LogP contribution in [0, 0.1) is 6.92 Å². The lowest BCUT2D eigenvalue weighted by Gasteiger charge is -2.05. The number of aromatic hydroxyl groups is 2. The molecule has 0 saturated heterocycles. The fourth-order valence-electron chi connectivity index (χ4n) is 1.49. The molecular formula is C12H14N2O3. The first-order valence-corrected chi connectivity index (χ1v) is 5.28. The summed E-state index contributed by atoms with van der Waals surface area (Å²) in [7, 11) is 0. The van der Waals surface area contributed by atoms with Crippen LogP contribution in [0.4, 0.5) is 0 Å². The molecule has 1 aromatic heterocycles. The molecule has 90 valence electrons. The van der Waals surface area contributed by atoms with Crippen LogP contribution < -0.4 is 5.32 Å². The van der Waals surface area contributed by atoms with E-state index in [4.69, 9.17) is 9.52 Å². The van der Waals surface area contributed by atoms with Crippen LogP contribution in [0.5, 0.6) is 11.5 Å². The maximum absolute atomic E-state index is 9.55. The van der Waals surface area contributed by atoms with Gasteiger partial charge in [-0.15, -0.1) is 0 Å². The molecule has 3 N–H and O–H groups in total. The van der Waals surface area contributed by atoms with E-state index < -0.39 is 0 Å². The van der Waals surface area contributed by atoms with Crippen LogP contribution in [0.1, 0.15) is 17.2 Å². The van der Waals surface area contributed by atoms with Gasteiger partial charge < -0.3 is 19.9 Å². The summed E-state index contributed by atoms with van der Waals surface area (Å²) in [5.74, 6) is 1.51. The van der Waals surface area contributed by atoms with E-state index in [0.717, 1.165) is 5.76 Å². The van der Waals surface area contributed by atoms with Gasteiger partial charge in [-0.05, 0) is 13.0 Å². The van der Waals surface area contributed by atoms with Gasteiger partial charge in [0.25, 0.3) is 0 Å². The van der Waals surface area contributed by atoms with Gasteiger partial charge in [0.1, 0.15) is 17.3 Å². The van der Waals surface area contributed by atoms with Gasteiger partial charge in [0.05, 0.1) is 12.7 Å². The third-order valence-corrected chi connectivity index (χ3v) is 2.33. The standard InChI is InChI=1S/C12H14N2O3/c1-8-5-14-12(17-8)7-13-6-9-2-3-10(15)4-11(9)16/h2-5,13,15-16H,6-7H2,1H3. The Labute approximate surface area is 98.7 Å². The first-order chi connectivity index (χ1) is 8.15. The summed E-state index contributed by atoms with van der Waals surface area (Å²) >= 11 is 0. The van der Waals surface area contributed by atoms with E-state index in [9.17, 15) is 5.11 Å². The summed E-state index contributed by atoms with van der Waals surface area (Å²) < 4.78 is 5.29. The van der Waals surface area contributed by atoms with Gasteiger partial charge in [-0.2, -0.15) is 0 Å². The molecule has 0 unspecified atom stereocenters. The summed E-state index contributed by atoms with van der Waals surface area (Å²) in [4.78, 5) is 4.05. The number of rotatable bonds is 4. The quantitative estimate of drug-likeness (QED) is 0.750. The van der Waals surface area contributed by atoms with Crippen molar-refractivity contribution in [3.63, 3.8) is 0 Å². The van der Waals surface area contributed by atoms with E-state index in [2.05, 4.69) is 10.3 Å². The molecule has 1 aromatic carbocycles. The van der Waals surface area contributed by atoms with Crippen molar-refractivity contribution in [2.75, 3.05) is 0 Å². The largest absolute Gasteiger partial charge is 0.508 e. The molecule has 2 aromatic rings. The molecule has 0 amide bonds. The van der Waals surface area contributed by atoms with E-state index >= 15 is 0 Å². The number of hydrogen-bond acceptors (Lipinski definition) is 5. The number of nitrogens with zero attached hydrogens (tertiary/aromatic N) is 1. The minimum absolute atomic E-state index is 0.0505. The van der Waals surface area contributed by atoms with E-state index in [0.29, 0.717) is 24.5 Å². The lowest BCUT2D eigenvalue weighted by Crippen LogP contribution is -2.12.